The first kappa shape index (κ1) is 33.0. The Kier molecular flexibility index (Phi) is 7.34. The van der Waals surface area contributed by atoms with Crippen molar-refractivity contribution in [1.29, 1.82) is 0 Å². The summed E-state index contributed by atoms with van der Waals surface area (Å²) in [5.74, 6) is 1.89. The molecule has 0 bridgehead atoms. The highest BCUT2D eigenvalue weighted by Gasteiger charge is 2.50. The average Bonchev–Trinajstić information content (AvgIpc) is 3.60. The smallest absolute Gasteiger partial charge is 0.164 e. The number of hydrogen-bond acceptors (Lipinski definition) is 5. The molecule has 0 unspecified atom stereocenters. The van der Waals surface area contributed by atoms with E-state index in [4.69, 9.17) is 19.9 Å². The first-order valence-electron chi connectivity index (χ1n) is 19.6. The van der Waals surface area contributed by atoms with Gasteiger partial charge in [-0.05, 0) is 57.6 Å². The molecular weight excluding hydrogens is 725 g/mol. The summed E-state index contributed by atoms with van der Waals surface area (Å²) in [5, 5.41) is 3.48. The fraction of sp³-hybridized carbons (Fsp3) is 0.0189. The highest BCUT2D eigenvalue weighted by Crippen LogP contribution is 2.63. The largest absolute Gasteiger partial charge is 0.247 e. The summed E-state index contributed by atoms with van der Waals surface area (Å²) in [7, 11) is 0. The van der Waals surface area contributed by atoms with Crippen LogP contribution in [0.15, 0.2) is 204 Å². The van der Waals surface area contributed by atoms with E-state index in [1.807, 2.05) is 72.4 Å². The van der Waals surface area contributed by atoms with Crippen LogP contribution < -0.4 is 0 Å². The van der Waals surface area contributed by atoms with E-state index in [0.717, 1.165) is 44.2 Å². The number of pyridine rings is 1. The van der Waals surface area contributed by atoms with Gasteiger partial charge in [0.15, 0.2) is 17.5 Å². The molecule has 1 aliphatic carbocycles. The van der Waals surface area contributed by atoms with Crippen LogP contribution in [0.2, 0.25) is 0 Å². The molecule has 8 aromatic carbocycles. The molecule has 0 N–H and O–H groups in total. The molecule has 2 aliphatic rings. The summed E-state index contributed by atoms with van der Waals surface area (Å²) in [6, 6.07) is 69.1. The Morgan fingerprint density at radius 2 is 0.897 bits per heavy atom. The second-order valence-corrected chi connectivity index (χ2v) is 16.0. The van der Waals surface area contributed by atoms with E-state index in [-0.39, 0.29) is 0 Å². The number of aromatic nitrogens is 4. The third-order valence-electron chi connectivity index (χ3n) is 11.8. The van der Waals surface area contributed by atoms with Crippen LogP contribution in [-0.4, -0.2) is 19.9 Å². The Labute approximate surface area is 340 Å². The van der Waals surface area contributed by atoms with Crippen molar-refractivity contribution in [3.8, 4) is 56.5 Å². The maximum Gasteiger partial charge on any atom is 0.164 e. The summed E-state index contributed by atoms with van der Waals surface area (Å²) < 4.78 is 0. The Morgan fingerprint density at radius 3 is 1.59 bits per heavy atom. The molecule has 0 saturated heterocycles. The molecule has 5 heteroatoms. The standard InChI is InChI=1S/C53H32N4S/c1-3-16-33(17-4-1)50-55-51(34-18-5-2-6-19-34)57-52(56-50)36-21-15-20-35(32-36)49-39-30-31-43-48(47(39)38-23-8-12-27-44(38)54-49)37-22-7-9-24-40(37)53(43)41-25-10-13-28-45(41)58-46-29-14-11-26-42(46)53/h1-32H. The van der Waals surface area contributed by atoms with Gasteiger partial charge in [-0.1, -0.05) is 182 Å². The molecule has 0 amide bonds. The van der Waals surface area contributed by atoms with Gasteiger partial charge in [-0.25, -0.2) is 19.9 Å². The molecule has 1 aliphatic heterocycles. The number of rotatable bonds is 4. The lowest BCUT2D eigenvalue weighted by molar-refractivity contribution is 0.723. The second-order valence-electron chi connectivity index (χ2n) is 14.9. The topological polar surface area (TPSA) is 51.6 Å². The summed E-state index contributed by atoms with van der Waals surface area (Å²) in [6.45, 7) is 0. The van der Waals surface area contributed by atoms with Gasteiger partial charge in [-0.15, -0.1) is 0 Å². The average molecular weight is 757 g/mol. The lowest BCUT2D eigenvalue weighted by Crippen LogP contribution is -2.31. The van der Waals surface area contributed by atoms with Crippen molar-refractivity contribution in [3.05, 3.63) is 216 Å². The van der Waals surface area contributed by atoms with Gasteiger partial charge in [0.2, 0.25) is 0 Å². The SMILES string of the molecule is c1ccc(-c2nc(-c3ccccc3)nc(-c3cccc(-c4nc5ccccc5c5c6c(ccc45)C4(c5ccccc5Sc5ccccc54)c4ccccc4-6)c3)n2)cc1. The van der Waals surface area contributed by atoms with Crippen molar-refractivity contribution in [2.45, 2.75) is 15.2 Å². The van der Waals surface area contributed by atoms with Crippen molar-refractivity contribution in [2.24, 2.45) is 0 Å². The van der Waals surface area contributed by atoms with Gasteiger partial charge in [-0.3, -0.25) is 0 Å². The van der Waals surface area contributed by atoms with Crippen molar-refractivity contribution >= 4 is 33.4 Å². The Morgan fingerprint density at radius 1 is 0.362 bits per heavy atom. The normalized spacial score (nSPS) is 13.2. The monoisotopic (exact) mass is 756 g/mol. The quantitative estimate of drug-likeness (QED) is 0.167. The molecule has 0 radical (unpaired) electrons. The molecule has 1 spiro atoms. The van der Waals surface area contributed by atoms with Crippen LogP contribution in [0.3, 0.4) is 0 Å². The molecule has 12 rings (SSSR count). The lowest BCUT2D eigenvalue weighted by atomic mass is 9.67. The van der Waals surface area contributed by atoms with Crippen LogP contribution in [0.25, 0.3) is 78.2 Å². The summed E-state index contributed by atoms with van der Waals surface area (Å²) in [4.78, 5) is 23.1. The number of benzene rings is 8. The van der Waals surface area contributed by atoms with Crippen molar-refractivity contribution in [3.63, 3.8) is 0 Å². The minimum Gasteiger partial charge on any atom is -0.247 e. The van der Waals surface area contributed by atoms with Gasteiger partial charge in [0.25, 0.3) is 0 Å². The van der Waals surface area contributed by atoms with Gasteiger partial charge >= 0.3 is 0 Å². The van der Waals surface area contributed by atoms with Crippen LogP contribution in [0, 0.1) is 0 Å². The molecule has 3 heterocycles. The number of fused-ring (bicyclic) bond motifs is 13. The van der Waals surface area contributed by atoms with Crippen LogP contribution in [0.5, 0.6) is 0 Å². The fourth-order valence-electron chi connectivity index (χ4n) is 9.35. The maximum absolute atomic E-state index is 5.44. The second kappa shape index (κ2) is 12.9. The first-order valence-corrected chi connectivity index (χ1v) is 20.4. The van der Waals surface area contributed by atoms with Crippen molar-refractivity contribution in [1.82, 2.24) is 19.9 Å². The van der Waals surface area contributed by atoms with Crippen LogP contribution in [0.4, 0.5) is 0 Å². The van der Waals surface area contributed by atoms with Crippen LogP contribution in [-0.2, 0) is 5.41 Å². The van der Waals surface area contributed by atoms with E-state index in [1.165, 1.54) is 48.6 Å². The molecule has 0 fully saturated rings. The molecule has 0 saturated carbocycles. The zero-order chi connectivity index (χ0) is 38.2. The fourth-order valence-corrected chi connectivity index (χ4v) is 10.5. The predicted octanol–water partition coefficient (Wildman–Crippen LogP) is 13.1. The van der Waals surface area contributed by atoms with Gasteiger partial charge in [0.05, 0.1) is 16.6 Å². The Balaban J connectivity index is 1.12. The van der Waals surface area contributed by atoms with E-state index in [1.54, 1.807) is 0 Å². The van der Waals surface area contributed by atoms with Crippen LogP contribution >= 0.6 is 11.8 Å². The summed E-state index contributed by atoms with van der Waals surface area (Å²) in [5.41, 5.74) is 13.0. The van der Waals surface area contributed by atoms with Crippen LogP contribution in [0.1, 0.15) is 22.3 Å². The minimum absolute atomic E-state index is 0.464. The molecule has 4 nitrogen and oxygen atoms in total. The van der Waals surface area contributed by atoms with Gasteiger partial charge in [0, 0.05) is 48.2 Å². The van der Waals surface area contributed by atoms with Gasteiger partial charge in [-0.2, -0.15) is 0 Å². The maximum atomic E-state index is 5.44. The van der Waals surface area contributed by atoms with E-state index < -0.39 is 5.41 Å². The molecular formula is C53H32N4S. The highest BCUT2D eigenvalue weighted by atomic mass is 32.2. The first-order chi connectivity index (χ1) is 28.8. The van der Waals surface area contributed by atoms with E-state index in [2.05, 4.69) is 133 Å². The van der Waals surface area contributed by atoms with Crippen molar-refractivity contribution < 1.29 is 0 Å². The number of para-hydroxylation sites is 1. The summed E-state index contributed by atoms with van der Waals surface area (Å²) in [6.07, 6.45) is 0. The zero-order valence-corrected chi connectivity index (χ0v) is 32.0. The number of hydrogen-bond donors (Lipinski definition) is 0. The van der Waals surface area contributed by atoms with E-state index >= 15 is 0 Å². The predicted molar refractivity (Wildman–Crippen MR) is 236 cm³/mol. The highest BCUT2D eigenvalue weighted by molar-refractivity contribution is 7.99. The van der Waals surface area contributed by atoms with Gasteiger partial charge in [0.1, 0.15) is 0 Å². The van der Waals surface area contributed by atoms with E-state index in [9.17, 15) is 0 Å². The zero-order valence-electron chi connectivity index (χ0n) is 31.2. The molecule has 58 heavy (non-hydrogen) atoms. The van der Waals surface area contributed by atoms with Gasteiger partial charge < -0.3 is 0 Å². The third-order valence-corrected chi connectivity index (χ3v) is 12.9. The minimum atomic E-state index is -0.464. The molecule has 0 atom stereocenters. The Bertz CT molecular complexity index is 3170. The number of nitrogens with zero attached hydrogens (tertiary/aromatic N) is 4. The molecule has 2 aromatic heterocycles. The Hall–Kier alpha value is -7.21. The lowest BCUT2D eigenvalue weighted by Gasteiger charge is -2.39. The summed E-state index contributed by atoms with van der Waals surface area (Å²) >= 11 is 1.87. The molecule has 270 valence electrons. The van der Waals surface area contributed by atoms with E-state index in [0.29, 0.717) is 17.5 Å². The third kappa shape index (κ3) is 4.84. The van der Waals surface area contributed by atoms with Crippen molar-refractivity contribution in [2.75, 3.05) is 0 Å². The molecule has 10 aromatic rings.